The van der Waals surface area contributed by atoms with Gasteiger partial charge in [0, 0.05) is 13.1 Å². The number of rotatable bonds is 6. The van der Waals surface area contributed by atoms with E-state index in [0.29, 0.717) is 6.54 Å². The molecule has 8 heteroatoms. The second-order valence-corrected chi connectivity index (χ2v) is 4.59. The highest BCUT2D eigenvalue weighted by Gasteiger charge is 2.09. The Kier molecular flexibility index (Phi) is 4.67. The van der Waals surface area contributed by atoms with Crippen LogP contribution < -0.4 is 10.6 Å². The molecule has 2 heterocycles. The van der Waals surface area contributed by atoms with Crippen LogP contribution in [0.2, 0.25) is 0 Å². The van der Waals surface area contributed by atoms with Crippen molar-refractivity contribution in [3.05, 3.63) is 23.0 Å². The Morgan fingerprint density at radius 3 is 2.63 bits per heavy atom. The van der Waals surface area contributed by atoms with Crippen molar-refractivity contribution in [2.24, 2.45) is 0 Å². The maximum absolute atomic E-state index is 4.21. The van der Waals surface area contributed by atoms with Crippen LogP contribution in [0.1, 0.15) is 19.7 Å². The number of nitrogens with one attached hydrogen (secondary N) is 2. The summed E-state index contributed by atoms with van der Waals surface area (Å²) in [5, 5.41) is 14.3. The molecule has 0 aromatic carbocycles. The number of hydrogen-bond donors (Lipinski definition) is 2. The van der Waals surface area contributed by atoms with Crippen LogP contribution in [-0.4, -0.2) is 31.3 Å². The van der Waals surface area contributed by atoms with E-state index in [1.165, 1.54) is 6.33 Å². The summed E-state index contributed by atoms with van der Waals surface area (Å²) in [5.41, 5.74) is 0. The summed E-state index contributed by atoms with van der Waals surface area (Å²) in [6, 6.07) is 0. The predicted molar refractivity (Wildman–Crippen MR) is 76.9 cm³/mol. The van der Waals surface area contributed by atoms with Crippen molar-refractivity contribution in [2.75, 3.05) is 17.2 Å². The second-order valence-electron chi connectivity index (χ2n) is 3.80. The molecule has 0 atom stereocenters. The Bertz CT molecular complexity index is 540. The third kappa shape index (κ3) is 3.19. The van der Waals surface area contributed by atoms with Gasteiger partial charge in [0.25, 0.3) is 0 Å². The van der Waals surface area contributed by atoms with Crippen molar-refractivity contribution in [3.63, 3.8) is 0 Å². The summed E-state index contributed by atoms with van der Waals surface area (Å²) in [5.74, 6) is 2.38. The molecule has 0 spiro atoms. The van der Waals surface area contributed by atoms with Crippen molar-refractivity contribution < 1.29 is 0 Å². The summed E-state index contributed by atoms with van der Waals surface area (Å²) < 4.78 is 2.80. The molecular weight excluding hydrogens is 310 g/mol. The maximum atomic E-state index is 4.21. The van der Waals surface area contributed by atoms with Gasteiger partial charge in [0.05, 0.1) is 6.54 Å². The fourth-order valence-electron chi connectivity index (χ4n) is 1.63. The molecule has 0 bridgehead atoms. The van der Waals surface area contributed by atoms with Gasteiger partial charge in [-0.05, 0) is 29.8 Å². The van der Waals surface area contributed by atoms with Crippen LogP contribution in [0.5, 0.6) is 0 Å². The molecular formula is C11H16BrN7. The van der Waals surface area contributed by atoms with E-state index in [4.69, 9.17) is 0 Å². The van der Waals surface area contributed by atoms with E-state index in [1.807, 2.05) is 11.5 Å². The molecule has 2 N–H and O–H groups in total. The van der Waals surface area contributed by atoms with Crippen LogP contribution in [0.25, 0.3) is 0 Å². The van der Waals surface area contributed by atoms with Crippen LogP contribution in [0.3, 0.4) is 0 Å². The van der Waals surface area contributed by atoms with Crippen molar-refractivity contribution in [1.82, 2.24) is 24.7 Å². The van der Waals surface area contributed by atoms with E-state index in [9.17, 15) is 0 Å². The van der Waals surface area contributed by atoms with Crippen LogP contribution in [0, 0.1) is 0 Å². The lowest BCUT2D eigenvalue weighted by molar-refractivity contribution is 0.707. The topological polar surface area (TPSA) is 80.6 Å². The second kappa shape index (κ2) is 6.46. The minimum absolute atomic E-state index is 0.565. The molecule has 0 saturated heterocycles. The average Bonchev–Trinajstić information content (AvgIpc) is 2.87. The standard InChI is InChI=1S/C11H16BrN7/c1-3-13-10-9(12)11(16-6-15-10)14-5-8-18-17-7-19(8)4-2/h6-7H,3-5H2,1-2H3,(H2,13,14,15,16). The van der Waals surface area contributed by atoms with Crippen LogP contribution >= 0.6 is 15.9 Å². The smallest absolute Gasteiger partial charge is 0.152 e. The SMILES string of the molecule is CCNc1ncnc(NCc2nncn2CC)c1Br. The third-order valence-corrected chi connectivity index (χ3v) is 3.34. The minimum Gasteiger partial charge on any atom is -0.369 e. The first-order valence-corrected chi connectivity index (χ1v) is 6.90. The number of nitrogens with zero attached hydrogens (tertiary/aromatic N) is 5. The molecule has 0 fully saturated rings. The molecule has 0 amide bonds. The zero-order valence-electron chi connectivity index (χ0n) is 10.9. The molecule has 19 heavy (non-hydrogen) atoms. The zero-order chi connectivity index (χ0) is 13.7. The molecule has 0 aliphatic carbocycles. The summed E-state index contributed by atoms with van der Waals surface area (Å²) in [6.07, 6.45) is 3.24. The fourth-order valence-corrected chi connectivity index (χ4v) is 2.11. The molecule has 0 saturated carbocycles. The first-order chi connectivity index (χ1) is 9.26. The van der Waals surface area contributed by atoms with Crippen LogP contribution in [-0.2, 0) is 13.1 Å². The Labute approximate surface area is 120 Å². The molecule has 0 aliphatic heterocycles. The van der Waals surface area contributed by atoms with Crippen molar-refractivity contribution >= 4 is 27.6 Å². The number of aryl methyl sites for hydroxylation is 1. The molecule has 7 nitrogen and oxygen atoms in total. The summed E-state index contributed by atoms with van der Waals surface area (Å²) in [4.78, 5) is 8.37. The van der Waals surface area contributed by atoms with Gasteiger partial charge in [-0.2, -0.15) is 0 Å². The quantitative estimate of drug-likeness (QED) is 0.844. The number of hydrogen-bond acceptors (Lipinski definition) is 6. The van der Waals surface area contributed by atoms with E-state index < -0.39 is 0 Å². The van der Waals surface area contributed by atoms with Crippen molar-refractivity contribution in [2.45, 2.75) is 26.9 Å². The monoisotopic (exact) mass is 325 g/mol. The number of halogens is 1. The molecule has 0 aliphatic rings. The van der Waals surface area contributed by atoms with E-state index >= 15 is 0 Å². The van der Waals surface area contributed by atoms with E-state index in [2.05, 4.69) is 53.7 Å². The molecule has 2 aromatic rings. The van der Waals surface area contributed by atoms with E-state index in [0.717, 1.165) is 35.0 Å². The van der Waals surface area contributed by atoms with Crippen molar-refractivity contribution in [3.8, 4) is 0 Å². The normalized spacial score (nSPS) is 10.5. The van der Waals surface area contributed by atoms with Gasteiger partial charge in [-0.15, -0.1) is 10.2 Å². The lowest BCUT2D eigenvalue weighted by atomic mass is 10.4. The highest BCUT2D eigenvalue weighted by molar-refractivity contribution is 9.10. The fraction of sp³-hybridized carbons (Fsp3) is 0.455. The van der Waals surface area contributed by atoms with Crippen molar-refractivity contribution in [1.29, 1.82) is 0 Å². The highest BCUT2D eigenvalue weighted by Crippen LogP contribution is 2.26. The molecule has 2 aromatic heterocycles. The zero-order valence-corrected chi connectivity index (χ0v) is 12.5. The first-order valence-electron chi connectivity index (χ1n) is 6.11. The predicted octanol–water partition coefficient (Wildman–Crippen LogP) is 1.89. The molecule has 0 radical (unpaired) electrons. The summed E-state index contributed by atoms with van der Waals surface area (Å²) in [7, 11) is 0. The largest absolute Gasteiger partial charge is 0.369 e. The van der Waals surface area contributed by atoms with Gasteiger partial charge >= 0.3 is 0 Å². The first kappa shape index (κ1) is 13.7. The van der Waals surface area contributed by atoms with Gasteiger partial charge in [0.1, 0.15) is 28.8 Å². The van der Waals surface area contributed by atoms with Gasteiger partial charge < -0.3 is 15.2 Å². The summed E-state index contributed by atoms with van der Waals surface area (Å²) >= 11 is 3.49. The van der Waals surface area contributed by atoms with Crippen LogP contribution in [0.15, 0.2) is 17.1 Å². The van der Waals surface area contributed by atoms with Crippen LogP contribution in [0.4, 0.5) is 11.6 Å². The van der Waals surface area contributed by atoms with Gasteiger partial charge in [0.2, 0.25) is 0 Å². The minimum atomic E-state index is 0.565. The third-order valence-electron chi connectivity index (χ3n) is 2.58. The number of aromatic nitrogens is 5. The average molecular weight is 326 g/mol. The molecule has 102 valence electrons. The Morgan fingerprint density at radius 1 is 1.21 bits per heavy atom. The highest BCUT2D eigenvalue weighted by atomic mass is 79.9. The Balaban J connectivity index is 2.09. The van der Waals surface area contributed by atoms with E-state index in [1.54, 1.807) is 6.33 Å². The Hall–Kier alpha value is -1.70. The summed E-state index contributed by atoms with van der Waals surface area (Å²) in [6.45, 7) is 6.29. The maximum Gasteiger partial charge on any atom is 0.152 e. The number of anilines is 2. The van der Waals surface area contributed by atoms with Gasteiger partial charge in [-0.1, -0.05) is 0 Å². The van der Waals surface area contributed by atoms with Gasteiger partial charge in [0.15, 0.2) is 5.82 Å². The van der Waals surface area contributed by atoms with Gasteiger partial charge in [-0.25, -0.2) is 9.97 Å². The van der Waals surface area contributed by atoms with E-state index in [-0.39, 0.29) is 0 Å². The van der Waals surface area contributed by atoms with Gasteiger partial charge in [-0.3, -0.25) is 0 Å². The lowest BCUT2D eigenvalue weighted by Gasteiger charge is -2.10. The molecule has 0 unspecified atom stereocenters. The Morgan fingerprint density at radius 2 is 1.95 bits per heavy atom. The lowest BCUT2D eigenvalue weighted by Crippen LogP contribution is -2.10. The molecule has 2 rings (SSSR count).